The lowest BCUT2D eigenvalue weighted by atomic mass is 10.1. The molecular weight excluding hydrogens is 321 g/mol. The number of carbonyl (C=O) groups excluding carboxylic acids is 1. The molecule has 0 saturated heterocycles. The van der Waals surface area contributed by atoms with Gasteiger partial charge in [0.2, 0.25) is 5.91 Å². The smallest absolute Gasteiger partial charge is 0.220 e. The maximum absolute atomic E-state index is 13.5. The van der Waals surface area contributed by atoms with Crippen LogP contribution >= 0.6 is 0 Å². The molecule has 132 valence electrons. The molecule has 1 aliphatic rings. The minimum atomic E-state index is -0.227. The Morgan fingerprint density at radius 3 is 2.68 bits per heavy atom. The molecule has 4 nitrogen and oxygen atoms in total. The van der Waals surface area contributed by atoms with E-state index in [1.54, 1.807) is 18.2 Å². The largest absolute Gasteiger partial charge is 0.486 e. The summed E-state index contributed by atoms with van der Waals surface area (Å²) in [6.07, 6.45) is 2.51. The van der Waals surface area contributed by atoms with E-state index in [2.05, 4.69) is 5.32 Å². The van der Waals surface area contributed by atoms with Crippen LogP contribution in [0.15, 0.2) is 42.5 Å². The second kappa shape index (κ2) is 8.51. The highest BCUT2D eigenvalue weighted by atomic mass is 19.1. The zero-order chi connectivity index (χ0) is 17.5. The van der Waals surface area contributed by atoms with Gasteiger partial charge in [0.25, 0.3) is 0 Å². The Morgan fingerprint density at radius 2 is 1.84 bits per heavy atom. The van der Waals surface area contributed by atoms with Crippen molar-refractivity contribution >= 4 is 5.91 Å². The molecule has 1 heterocycles. The third-order valence-corrected chi connectivity index (χ3v) is 4.15. The number of benzene rings is 2. The number of ether oxygens (including phenoxy) is 2. The lowest BCUT2D eigenvalue weighted by Crippen LogP contribution is -2.25. The molecule has 1 aliphatic heterocycles. The van der Waals surface area contributed by atoms with Gasteiger partial charge in [-0.05, 0) is 48.6 Å². The number of aryl methyl sites for hydroxylation is 1. The van der Waals surface area contributed by atoms with Crippen molar-refractivity contribution < 1.29 is 18.7 Å². The van der Waals surface area contributed by atoms with Crippen molar-refractivity contribution in [3.8, 4) is 11.5 Å². The molecule has 0 fully saturated rings. The number of fused-ring (bicyclic) bond motifs is 1. The van der Waals surface area contributed by atoms with Gasteiger partial charge < -0.3 is 14.8 Å². The van der Waals surface area contributed by atoms with E-state index in [-0.39, 0.29) is 11.7 Å². The highest BCUT2D eigenvalue weighted by Gasteiger charge is 2.11. The molecule has 5 heteroatoms. The average molecular weight is 343 g/mol. The fourth-order valence-electron chi connectivity index (χ4n) is 2.82. The lowest BCUT2D eigenvalue weighted by Gasteiger charge is -2.18. The van der Waals surface area contributed by atoms with Gasteiger partial charge in [0.15, 0.2) is 11.5 Å². The summed E-state index contributed by atoms with van der Waals surface area (Å²) in [6, 6.07) is 12.5. The summed E-state index contributed by atoms with van der Waals surface area (Å²) in [6.45, 7) is 1.60. The monoisotopic (exact) mass is 343 g/mol. The maximum atomic E-state index is 13.5. The van der Waals surface area contributed by atoms with Gasteiger partial charge in [0.05, 0.1) is 0 Å². The van der Waals surface area contributed by atoms with Crippen LogP contribution in [-0.4, -0.2) is 25.7 Å². The maximum Gasteiger partial charge on any atom is 0.220 e. The number of halogens is 1. The van der Waals surface area contributed by atoms with Crippen LogP contribution in [0.5, 0.6) is 11.5 Å². The van der Waals surface area contributed by atoms with Crippen molar-refractivity contribution in [1.29, 1.82) is 0 Å². The van der Waals surface area contributed by atoms with Crippen LogP contribution in [0.4, 0.5) is 4.39 Å². The van der Waals surface area contributed by atoms with Gasteiger partial charge >= 0.3 is 0 Å². The normalized spacial score (nSPS) is 12.7. The number of carbonyl (C=O) groups is 1. The first kappa shape index (κ1) is 17.3. The Balaban J connectivity index is 1.37. The zero-order valence-corrected chi connectivity index (χ0v) is 14.1. The van der Waals surface area contributed by atoms with E-state index in [1.165, 1.54) is 6.07 Å². The van der Waals surface area contributed by atoms with Crippen molar-refractivity contribution in [1.82, 2.24) is 5.32 Å². The first-order chi connectivity index (χ1) is 12.2. The number of hydrogen-bond acceptors (Lipinski definition) is 3. The minimum absolute atomic E-state index is 0.00566. The molecule has 1 amide bonds. The van der Waals surface area contributed by atoms with Crippen LogP contribution in [0.25, 0.3) is 0 Å². The zero-order valence-electron chi connectivity index (χ0n) is 14.1. The van der Waals surface area contributed by atoms with Crippen LogP contribution in [-0.2, 0) is 17.6 Å². The molecule has 0 bridgehead atoms. The average Bonchev–Trinajstić information content (AvgIpc) is 2.63. The van der Waals surface area contributed by atoms with Gasteiger partial charge in [0, 0.05) is 13.0 Å². The third kappa shape index (κ3) is 4.95. The SMILES string of the molecule is O=C(CCCc1ccc2c(c1)OCCO2)NCCc1ccccc1F. The number of nitrogens with one attached hydrogen (secondary N) is 1. The van der Waals surface area contributed by atoms with Gasteiger partial charge in [0.1, 0.15) is 19.0 Å². The van der Waals surface area contributed by atoms with Crippen LogP contribution in [0.3, 0.4) is 0 Å². The van der Waals surface area contributed by atoms with Crippen LogP contribution in [0.2, 0.25) is 0 Å². The summed E-state index contributed by atoms with van der Waals surface area (Å²) in [4.78, 5) is 11.9. The Hall–Kier alpha value is -2.56. The van der Waals surface area contributed by atoms with Gasteiger partial charge in [-0.1, -0.05) is 24.3 Å². The summed E-state index contributed by atoms with van der Waals surface area (Å²) >= 11 is 0. The molecule has 0 atom stereocenters. The Kier molecular flexibility index (Phi) is 5.88. The summed E-state index contributed by atoms with van der Waals surface area (Å²) in [7, 11) is 0. The molecule has 0 aromatic heterocycles. The van der Waals surface area contributed by atoms with Gasteiger partial charge in [-0.2, -0.15) is 0 Å². The molecule has 3 rings (SSSR count). The summed E-state index contributed by atoms with van der Waals surface area (Å²) < 4.78 is 24.5. The second-order valence-electron chi connectivity index (χ2n) is 6.02. The standard InChI is InChI=1S/C20H22FNO3/c21-17-6-2-1-5-16(17)10-11-22-20(23)7-3-4-15-8-9-18-19(14-15)25-13-12-24-18/h1-2,5-6,8-9,14H,3-4,7,10-13H2,(H,22,23). The van der Waals surface area contributed by atoms with E-state index in [0.717, 1.165) is 29.9 Å². The fraction of sp³-hybridized carbons (Fsp3) is 0.350. The minimum Gasteiger partial charge on any atom is -0.486 e. The molecule has 0 aliphatic carbocycles. The van der Waals surface area contributed by atoms with E-state index >= 15 is 0 Å². The quantitative estimate of drug-likeness (QED) is 0.839. The van der Waals surface area contributed by atoms with Crippen LogP contribution in [0.1, 0.15) is 24.0 Å². The molecule has 2 aromatic carbocycles. The van der Waals surface area contributed by atoms with Gasteiger partial charge in [-0.3, -0.25) is 4.79 Å². The third-order valence-electron chi connectivity index (χ3n) is 4.15. The molecule has 0 saturated carbocycles. The lowest BCUT2D eigenvalue weighted by molar-refractivity contribution is -0.121. The number of hydrogen-bond donors (Lipinski definition) is 1. The van der Waals surface area contributed by atoms with Crippen LogP contribution in [0, 0.1) is 5.82 Å². The number of amides is 1. The molecule has 25 heavy (non-hydrogen) atoms. The molecule has 0 unspecified atom stereocenters. The van der Waals surface area contributed by atoms with Crippen molar-refractivity contribution in [3.05, 3.63) is 59.4 Å². The Bertz CT molecular complexity index is 733. The summed E-state index contributed by atoms with van der Waals surface area (Å²) in [5, 5.41) is 2.84. The molecule has 0 spiro atoms. The predicted molar refractivity (Wildman–Crippen MR) is 93.5 cm³/mol. The van der Waals surface area contributed by atoms with Crippen molar-refractivity contribution in [2.75, 3.05) is 19.8 Å². The molecule has 1 N–H and O–H groups in total. The molecular formula is C20H22FNO3. The van der Waals surface area contributed by atoms with Crippen LogP contribution < -0.4 is 14.8 Å². The van der Waals surface area contributed by atoms with Gasteiger partial charge in [-0.15, -0.1) is 0 Å². The number of rotatable bonds is 7. The van der Waals surface area contributed by atoms with E-state index < -0.39 is 0 Å². The van der Waals surface area contributed by atoms with Crippen molar-refractivity contribution in [3.63, 3.8) is 0 Å². The second-order valence-corrected chi connectivity index (χ2v) is 6.02. The van der Waals surface area contributed by atoms with Crippen molar-refractivity contribution in [2.45, 2.75) is 25.7 Å². The first-order valence-corrected chi connectivity index (χ1v) is 8.61. The van der Waals surface area contributed by atoms with E-state index in [1.807, 2.05) is 18.2 Å². The van der Waals surface area contributed by atoms with Gasteiger partial charge in [-0.25, -0.2) is 4.39 Å². The highest BCUT2D eigenvalue weighted by molar-refractivity contribution is 5.75. The summed E-state index contributed by atoms with van der Waals surface area (Å²) in [5.41, 5.74) is 1.75. The summed E-state index contributed by atoms with van der Waals surface area (Å²) in [5.74, 6) is 1.32. The van der Waals surface area contributed by atoms with E-state index in [0.29, 0.717) is 38.2 Å². The molecule has 2 aromatic rings. The first-order valence-electron chi connectivity index (χ1n) is 8.61. The van der Waals surface area contributed by atoms with E-state index in [4.69, 9.17) is 9.47 Å². The van der Waals surface area contributed by atoms with Crippen molar-refractivity contribution in [2.24, 2.45) is 0 Å². The topological polar surface area (TPSA) is 47.6 Å². The fourth-order valence-corrected chi connectivity index (χ4v) is 2.82. The highest BCUT2D eigenvalue weighted by Crippen LogP contribution is 2.31. The molecule has 0 radical (unpaired) electrons. The Labute approximate surface area is 147 Å². The van der Waals surface area contributed by atoms with E-state index in [9.17, 15) is 9.18 Å². The predicted octanol–water partition coefficient (Wildman–Crippen LogP) is 3.28. The Morgan fingerprint density at radius 1 is 1.04 bits per heavy atom.